The number of hydrogen-bond donors (Lipinski definition) is 1. The van der Waals surface area contributed by atoms with Crippen molar-refractivity contribution in [2.75, 3.05) is 19.7 Å². The Kier molecular flexibility index (Phi) is 6.19. The average molecular weight is 246 g/mol. The van der Waals surface area contributed by atoms with Crippen LogP contribution in [0.2, 0.25) is 5.02 Å². The molecular weight excluding hydrogens is 229 g/mol. The Morgan fingerprint density at radius 2 is 2.19 bits per heavy atom. The minimum atomic E-state index is -0.476. The van der Waals surface area contributed by atoms with Gasteiger partial charge in [-0.3, -0.25) is 0 Å². The molecule has 0 atom stereocenters. The molecule has 2 nitrogen and oxygen atoms in total. The second-order valence-corrected chi connectivity index (χ2v) is 3.87. The molecule has 0 heterocycles. The lowest BCUT2D eigenvalue weighted by atomic mass is 10.3. The van der Waals surface area contributed by atoms with Crippen molar-refractivity contribution in [3.05, 3.63) is 29.0 Å². The molecule has 0 aliphatic rings. The van der Waals surface area contributed by atoms with Gasteiger partial charge in [0.15, 0.2) is 11.6 Å². The van der Waals surface area contributed by atoms with Crippen molar-refractivity contribution in [2.45, 2.75) is 19.8 Å². The molecule has 0 bridgehead atoms. The Morgan fingerprint density at radius 3 is 2.94 bits per heavy atom. The van der Waals surface area contributed by atoms with Gasteiger partial charge in [0.25, 0.3) is 0 Å². The van der Waals surface area contributed by atoms with E-state index in [1.807, 2.05) is 0 Å². The van der Waals surface area contributed by atoms with Crippen LogP contribution in [0.15, 0.2) is 18.2 Å². The maximum atomic E-state index is 13.4. The molecule has 0 aliphatic carbocycles. The Bertz CT molecular complexity index is 320. The number of hydrogen-bond acceptors (Lipinski definition) is 2. The second kappa shape index (κ2) is 7.47. The summed E-state index contributed by atoms with van der Waals surface area (Å²) in [6.07, 6.45) is 1.93. The van der Waals surface area contributed by atoms with E-state index < -0.39 is 5.82 Å². The highest BCUT2D eigenvalue weighted by atomic mass is 35.5. The molecule has 1 rings (SSSR count). The minimum Gasteiger partial charge on any atom is -0.490 e. The van der Waals surface area contributed by atoms with Gasteiger partial charge in [0.05, 0.1) is 11.6 Å². The molecule has 0 aliphatic heterocycles. The number of rotatable bonds is 7. The molecule has 4 heteroatoms. The lowest BCUT2D eigenvalue weighted by molar-refractivity contribution is 0.291. The SMILES string of the molecule is CCNCCCCOc1cccc(Cl)c1F. The van der Waals surface area contributed by atoms with Crippen molar-refractivity contribution in [2.24, 2.45) is 0 Å². The fourth-order valence-corrected chi connectivity index (χ4v) is 1.47. The van der Waals surface area contributed by atoms with Crippen LogP contribution in [-0.2, 0) is 0 Å². The van der Waals surface area contributed by atoms with Gasteiger partial charge < -0.3 is 10.1 Å². The van der Waals surface area contributed by atoms with Crippen LogP contribution in [0.3, 0.4) is 0 Å². The molecular formula is C12H17ClFNO. The molecule has 0 aromatic heterocycles. The summed E-state index contributed by atoms with van der Waals surface area (Å²) in [5, 5.41) is 3.32. The van der Waals surface area contributed by atoms with Crippen LogP contribution in [0, 0.1) is 5.82 Å². The lowest BCUT2D eigenvalue weighted by Gasteiger charge is -2.07. The molecule has 1 aromatic carbocycles. The topological polar surface area (TPSA) is 21.3 Å². The molecule has 0 saturated heterocycles. The van der Waals surface area contributed by atoms with Gasteiger partial charge in [-0.05, 0) is 38.1 Å². The van der Waals surface area contributed by atoms with E-state index in [2.05, 4.69) is 12.2 Å². The highest BCUT2D eigenvalue weighted by Crippen LogP contribution is 2.24. The summed E-state index contributed by atoms with van der Waals surface area (Å²) in [7, 11) is 0. The van der Waals surface area contributed by atoms with Crippen LogP contribution in [0.1, 0.15) is 19.8 Å². The average Bonchev–Trinajstić information content (AvgIpc) is 2.29. The fourth-order valence-electron chi connectivity index (χ4n) is 1.31. The van der Waals surface area contributed by atoms with Crippen LogP contribution in [0.4, 0.5) is 4.39 Å². The first-order valence-corrected chi connectivity index (χ1v) is 5.91. The second-order valence-electron chi connectivity index (χ2n) is 3.46. The number of nitrogens with one attached hydrogen (secondary N) is 1. The monoisotopic (exact) mass is 245 g/mol. The number of unbranched alkanes of at least 4 members (excludes halogenated alkanes) is 1. The van der Waals surface area contributed by atoms with E-state index in [-0.39, 0.29) is 10.8 Å². The zero-order valence-electron chi connectivity index (χ0n) is 9.43. The molecule has 0 spiro atoms. The van der Waals surface area contributed by atoms with Crippen molar-refractivity contribution in [1.29, 1.82) is 0 Å². The largest absolute Gasteiger partial charge is 0.490 e. The van der Waals surface area contributed by atoms with Crippen molar-refractivity contribution < 1.29 is 9.13 Å². The quantitative estimate of drug-likeness (QED) is 0.745. The summed E-state index contributed by atoms with van der Waals surface area (Å²) in [5.74, 6) is -0.244. The molecule has 0 radical (unpaired) electrons. The first kappa shape index (κ1) is 13.3. The minimum absolute atomic E-state index is 0.102. The third-order valence-electron chi connectivity index (χ3n) is 2.17. The van der Waals surface area contributed by atoms with Gasteiger partial charge in [0.2, 0.25) is 0 Å². The first-order chi connectivity index (χ1) is 7.75. The van der Waals surface area contributed by atoms with E-state index in [4.69, 9.17) is 16.3 Å². The van der Waals surface area contributed by atoms with Gasteiger partial charge in [-0.15, -0.1) is 0 Å². The lowest BCUT2D eigenvalue weighted by Crippen LogP contribution is -2.14. The van der Waals surface area contributed by atoms with Crippen molar-refractivity contribution >= 4 is 11.6 Å². The molecule has 0 fully saturated rings. The fraction of sp³-hybridized carbons (Fsp3) is 0.500. The maximum absolute atomic E-state index is 13.4. The molecule has 0 amide bonds. The van der Waals surface area contributed by atoms with Gasteiger partial charge in [-0.1, -0.05) is 24.6 Å². The summed E-state index contributed by atoms with van der Waals surface area (Å²) in [5.41, 5.74) is 0. The number of ether oxygens (including phenoxy) is 1. The molecule has 16 heavy (non-hydrogen) atoms. The zero-order chi connectivity index (χ0) is 11.8. The Hall–Kier alpha value is -0.800. The predicted molar refractivity (Wildman–Crippen MR) is 64.7 cm³/mol. The maximum Gasteiger partial charge on any atom is 0.183 e. The van der Waals surface area contributed by atoms with Crippen LogP contribution < -0.4 is 10.1 Å². The van der Waals surface area contributed by atoms with Crippen LogP contribution in [0.5, 0.6) is 5.75 Å². The van der Waals surface area contributed by atoms with E-state index in [1.165, 1.54) is 6.07 Å². The van der Waals surface area contributed by atoms with Crippen LogP contribution >= 0.6 is 11.6 Å². The Morgan fingerprint density at radius 1 is 1.38 bits per heavy atom. The molecule has 0 unspecified atom stereocenters. The Labute approximate surface area is 101 Å². The summed E-state index contributed by atoms with van der Waals surface area (Å²) < 4.78 is 18.7. The van der Waals surface area contributed by atoms with Gasteiger partial charge in [-0.2, -0.15) is 0 Å². The predicted octanol–water partition coefficient (Wildman–Crippen LogP) is 3.25. The summed E-state index contributed by atoms with van der Waals surface area (Å²) >= 11 is 5.63. The van der Waals surface area contributed by atoms with Crippen LogP contribution in [-0.4, -0.2) is 19.7 Å². The van der Waals surface area contributed by atoms with Crippen LogP contribution in [0.25, 0.3) is 0 Å². The highest BCUT2D eigenvalue weighted by molar-refractivity contribution is 6.30. The van der Waals surface area contributed by atoms with Gasteiger partial charge in [-0.25, -0.2) is 4.39 Å². The van der Waals surface area contributed by atoms with Crippen molar-refractivity contribution in [1.82, 2.24) is 5.32 Å². The van der Waals surface area contributed by atoms with E-state index in [0.717, 1.165) is 25.9 Å². The van der Waals surface area contributed by atoms with E-state index in [9.17, 15) is 4.39 Å². The molecule has 1 N–H and O–H groups in total. The Balaban J connectivity index is 2.24. The summed E-state index contributed by atoms with van der Waals surface area (Å²) in [4.78, 5) is 0. The standard InChI is InChI=1S/C12H17ClFNO/c1-2-15-8-3-4-9-16-11-7-5-6-10(13)12(11)14/h5-7,15H,2-4,8-9H2,1H3. The zero-order valence-corrected chi connectivity index (χ0v) is 10.2. The summed E-state index contributed by atoms with van der Waals surface area (Å²) in [6.45, 7) is 4.53. The molecule has 1 aromatic rings. The first-order valence-electron chi connectivity index (χ1n) is 5.53. The van der Waals surface area contributed by atoms with Gasteiger partial charge in [0, 0.05) is 0 Å². The molecule has 90 valence electrons. The van der Waals surface area contributed by atoms with E-state index in [0.29, 0.717) is 6.61 Å². The normalized spacial score (nSPS) is 10.4. The highest BCUT2D eigenvalue weighted by Gasteiger charge is 2.06. The number of halogens is 2. The smallest absolute Gasteiger partial charge is 0.183 e. The number of benzene rings is 1. The third kappa shape index (κ3) is 4.37. The van der Waals surface area contributed by atoms with Crippen molar-refractivity contribution in [3.63, 3.8) is 0 Å². The van der Waals surface area contributed by atoms with E-state index in [1.54, 1.807) is 12.1 Å². The van der Waals surface area contributed by atoms with Crippen molar-refractivity contribution in [3.8, 4) is 5.75 Å². The van der Waals surface area contributed by atoms with Gasteiger partial charge >= 0.3 is 0 Å². The molecule has 0 saturated carbocycles. The van der Waals surface area contributed by atoms with E-state index >= 15 is 0 Å². The third-order valence-corrected chi connectivity index (χ3v) is 2.46. The summed E-state index contributed by atoms with van der Waals surface area (Å²) in [6, 6.07) is 4.78. The van der Waals surface area contributed by atoms with Gasteiger partial charge in [0.1, 0.15) is 0 Å².